The molecule has 7 rings (SSSR count). The van der Waals surface area contributed by atoms with Crippen LogP contribution in [-0.2, 0) is 0 Å². The van der Waals surface area contributed by atoms with E-state index in [-0.39, 0.29) is 11.7 Å². The van der Waals surface area contributed by atoms with Crippen molar-refractivity contribution in [2.45, 2.75) is 38.3 Å². The molecule has 0 radical (unpaired) electrons. The van der Waals surface area contributed by atoms with Crippen molar-refractivity contribution in [3.05, 3.63) is 84.9 Å². The molecule has 7 nitrogen and oxygen atoms in total. The van der Waals surface area contributed by atoms with Crippen LogP contribution < -0.4 is 5.32 Å². The van der Waals surface area contributed by atoms with Gasteiger partial charge in [-0.15, -0.1) is 0 Å². The largest absolute Gasteiger partial charge is 0.508 e. The Hall–Kier alpha value is -4.69. The Kier molecular flexibility index (Phi) is 6.40. The third-order valence-electron chi connectivity index (χ3n) is 8.16. The first-order valence-corrected chi connectivity index (χ1v) is 14.0. The lowest BCUT2D eigenvalue weighted by Gasteiger charge is -2.27. The molecule has 206 valence electrons. The number of nitrogens with one attached hydrogen (secondary N) is 3. The second-order valence-corrected chi connectivity index (χ2v) is 10.9. The molecule has 0 aliphatic heterocycles. The van der Waals surface area contributed by atoms with Crippen LogP contribution in [0.5, 0.6) is 5.75 Å². The molecule has 0 bridgehead atoms. The SMILES string of the molecule is Oc1cc(F)cc(-c2cccc3[nH]c(-c4n[nH]c5ccc(-c6cncc(NC(O)C7CCCCC7)c6)cc45)cc23)c1. The van der Waals surface area contributed by atoms with Gasteiger partial charge in [0.1, 0.15) is 23.5 Å². The molecule has 3 aromatic carbocycles. The van der Waals surface area contributed by atoms with Gasteiger partial charge < -0.3 is 20.5 Å². The van der Waals surface area contributed by atoms with Crippen molar-refractivity contribution in [3.63, 3.8) is 0 Å². The van der Waals surface area contributed by atoms with Crippen LogP contribution in [0.15, 0.2) is 79.1 Å². The molecule has 5 N–H and O–H groups in total. The average molecular weight is 548 g/mol. The number of halogens is 1. The van der Waals surface area contributed by atoms with Crippen LogP contribution in [-0.4, -0.2) is 36.6 Å². The van der Waals surface area contributed by atoms with E-state index < -0.39 is 12.0 Å². The Bertz CT molecular complexity index is 1850. The van der Waals surface area contributed by atoms with E-state index in [4.69, 9.17) is 0 Å². The van der Waals surface area contributed by atoms with Gasteiger partial charge in [-0.25, -0.2) is 4.39 Å². The van der Waals surface area contributed by atoms with Gasteiger partial charge in [-0.05, 0) is 72.0 Å². The smallest absolute Gasteiger partial charge is 0.127 e. The predicted molar refractivity (Wildman–Crippen MR) is 160 cm³/mol. The highest BCUT2D eigenvalue weighted by Gasteiger charge is 2.22. The molecule has 41 heavy (non-hydrogen) atoms. The molecule has 1 unspecified atom stereocenters. The van der Waals surface area contributed by atoms with Gasteiger partial charge in [0.15, 0.2) is 0 Å². The number of aromatic nitrogens is 4. The zero-order valence-electron chi connectivity index (χ0n) is 22.4. The van der Waals surface area contributed by atoms with Crippen LogP contribution in [0.4, 0.5) is 10.1 Å². The molecule has 1 aliphatic rings. The second-order valence-electron chi connectivity index (χ2n) is 10.9. The highest BCUT2D eigenvalue weighted by molar-refractivity contribution is 6.02. The van der Waals surface area contributed by atoms with Crippen molar-refractivity contribution in [3.8, 4) is 39.4 Å². The van der Waals surface area contributed by atoms with Crippen molar-refractivity contribution >= 4 is 27.5 Å². The average Bonchev–Trinajstić information content (AvgIpc) is 3.61. The van der Waals surface area contributed by atoms with Crippen LogP contribution in [0.3, 0.4) is 0 Å². The summed E-state index contributed by atoms with van der Waals surface area (Å²) in [5.74, 6) is -0.340. The summed E-state index contributed by atoms with van der Waals surface area (Å²) in [7, 11) is 0. The first kappa shape index (κ1) is 25.3. The molecule has 0 spiro atoms. The van der Waals surface area contributed by atoms with Gasteiger partial charge in [0.2, 0.25) is 0 Å². The fourth-order valence-electron chi connectivity index (χ4n) is 6.08. The van der Waals surface area contributed by atoms with Gasteiger partial charge in [0, 0.05) is 40.0 Å². The van der Waals surface area contributed by atoms with Crippen LogP contribution in [0.2, 0.25) is 0 Å². The Labute approximate surface area is 236 Å². The zero-order valence-corrected chi connectivity index (χ0v) is 22.4. The molecule has 0 saturated heterocycles. The number of aliphatic hydroxyl groups is 1. The second kappa shape index (κ2) is 10.4. The lowest BCUT2D eigenvalue weighted by Crippen LogP contribution is -2.30. The maximum atomic E-state index is 14.1. The topological polar surface area (TPSA) is 110 Å². The number of phenols is 1. The van der Waals surface area contributed by atoms with E-state index in [0.29, 0.717) is 5.56 Å². The standard InChI is InChI=1S/C33H30FN5O2/c34-23-11-21(13-25(40)15-23)26-7-4-8-29-27(26)16-31(37-29)32-28-14-20(9-10-30(28)38-39-32)22-12-24(18-35-17-22)36-33(41)19-5-2-1-3-6-19/h4,7-19,33,36-37,40-41H,1-3,5-6H2,(H,38,39). The summed E-state index contributed by atoms with van der Waals surface area (Å²) in [6.45, 7) is 0. The predicted octanol–water partition coefficient (Wildman–Crippen LogP) is 7.60. The van der Waals surface area contributed by atoms with E-state index >= 15 is 0 Å². The van der Waals surface area contributed by atoms with Gasteiger partial charge in [0.25, 0.3) is 0 Å². The van der Waals surface area contributed by atoms with Gasteiger partial charge in [0.05, 0.1) is 23.1 Å². The first-order chi connectivity index (χ1) is 20.0. The number of aromatic hydroxyl groups is 1. The van der Waals surface area contributed by atoms with Crippen molar-refractivity contribution < 1.29 is 14.6 Å². The number of anilines is 1. The van der Waals surface area contributed by atoms with E-state index in [1.165, 1.54) is 25.3 Å². The van der Waals surface area contributed by atoms with Crippen molar-refractivity contribution in [2.24, 2.45) is 5.92 Å². The van der Waals surface area contributed by atoms with Crippen molar-refractivity contribution in [1.82, 2.24) is 20.2 Å². The summed E-state index contributed by atoms with van der Waals surface area (Å²) < 4.78 is 14.1. The number of pyridine rings is 1. The Balaban J connectivity index is 1.23. The summed E-state index contributed by atoms with van der Waals surface area (Å²) in [6, 6.07) is 20.0. The number of aromatic amines is 2. The molecule has 1 aliphatic carbocycles. The van der Waals surface area contributed by atoms with Gasteiger partial charge >= 0.3 is 0 Å². The fraction of sp³-hybridized carbons (Fsp3) is 0.212. The molecule has 1 fully saturated rings. The Morgan fingerprint density at radius 3 is 2.59 bits per heavy atom. The summed E-state index contributed by atoms with van der Waals surface area (Å²) in [5.41, 5.74) is 7.48. The molecule has 3 aromatic heterocycles. The monoisotopic (exact) mass is 547 g/mol. The number of fused-ring (bicyclic) bond motifs is 2. The number of nitrogens with zero attached hydrogens (tertiary/aromatic N) is 2. The first-order valence-electron chi connectivity index (χ1n) is 14.0. The number of hydrogen-bond donors (Lipinski definition) is 5. The van der Waals surface area contributed by atoms with E-state index in [1.807, 2.05) is 48.7 Å². The van der Waals surface area contributed by atoms with E-state index in [2.05, 4.69) is 31.5 Å². The lowest BCUT2D eigenvalue weighted by atomic mass is 9.88. The summed E-state index contributed by atoms with van der Waals surface area (Å²) in [4.78, 5) is 7.90. The number of aliphatic hydroxyl groups excluding tert-OH is 1. The molecule has 0 amide bonds. The van der Waals surface area contributed by atoms with Crippen LogP contribution in [0.1, 0.15) is 32.1 Å². The minimum absolute atomic E-state index is 0.115. The number of hydrogen-bond acceptors (Lipinski definition) is 5. The normalized spacial score (nSPS) is 15.0. The van der Waals surface area contributed by atoms with E-state index in [1.54, 1.807) is 12.3 Å². The highest BCUT2D eigenvalue weighted by Crippen LogP contribution is 2.36. The van der Waals surface area contributed by atoms with Crippen LogP contribution >= 0.6 is 0 Å². The Morgan fingerprint density at radius 1 is 0.854 bits per heavy atom. The van der Waals surface area contributed by atoms with Crippen LogP contribution in [0.25, 0.3) is 55.4 Å². The highest BCUT2D eigenvalue weighted by atomic mass is 19.1. The zero-order chi connectivity index (χ0) is 27.9. The summed E-state index contributed by atoms with van der Waals surface area (Å²) in [5, 5.41) is 33.6. The summed E-state index contributed by atoms with van der Waals surface area (Å²) in [6.07, 6.45) is 8.65. The fourth-order valence-corrected chi connectivity index (χ4v) is 6.08. The third kappa shape index (κ3) is 4.91. The quantitative estimate of drug-likeness (QED) is 0.138. The minimum atomic E-state index is -0.585. The molecule has 1 saturated carbocycles. The van der Waals surface area contributed by atoms with E-state index in [0.717, 1.165) is 74.5 Å². The molecule has 6 aromatic rings. The van der Waals surface area contributed by atoms with Gasteiger partial charge in [-0.2, -0.15) is 5.10 Å². The Morgan fingerprint density at radius 2 is 1.73 bits per heavy atom. The maximum Gasteiger partial charge on any atom is 0.127 e. The minimum Gasteiger partial charge on any atom is -0.508 e. The van der Waals surface area contributed by atoms with E-state index in [9.17, 15) is 14.6 Å². The third-order valence-corrected chi connectivity index (χ3v) is 8.16. The molecule has 3 heterocycles. The number of H-pyrrole nitrogens is 2. The number of phenolic OH excluding ortho intramolecular Hbond substituents is 1. The molecule has 1 atom stereocenters. The summed E-state index contributed by atoms with van der Waals surface area (Å²) >= 11 is 0. The van der Waals surface area contributed by atoms with Gasteiger partial charge in [-0.3, -0.25) is 10.1 Å². The van der Waals surface area contributed by atoms with Crippen LogP contribution in [0, 0.1) is 11.7 Å². The lowest BCUT2D eigenvalue weighted by molar-refractivity contribution is 0.109. The van der Waals surface area contributed by atoms with Crippen molar-refractivity contribution in [2.75, 3.05) is 5.32 Å². The molecule has 8 heteroatoms. The van der Waals surface area contributed by atoms with Gasteiger partial charge in [-0.1, -0.05) is 37.5 Å². The maximum absolute atomic E-state index is 14.1. The molecular weight excluding hydrogens is 517 g/mol. The molecular formula is C33H30FN5O2. The number of benzene rings is 3. The van der Waals surface area contributed by atoms with Crippen molar-refractivity contribution in [1.29, 1.82) is 0 Å². The number of rotatable bonds is 6.